The second-order valence-electron chi connectivity index (χ2n) is 3.27. The molecule has 0 N–H and O–H groups in total. The second-order valence-corrected chi connectivity index (χ2v) is 3.27. The molecule has 0 aliphatic heterocycles. The van der Waals surface area contributed by atoms with Crippen LogP contribution in [0.3, 0.4) is 0 Å². The van der Waals surface area contributed by atoms with E-state index in [4.69, 9.17) is 13.9 Å². The zero-order chi connectivity index (χ0) is 12.3. The van der Waals surface area contributed by atoms with E-state index in [2.05, 4.69) is 0 Å². The molecule has 2 rings (SSSR count). The number of carbonyl (C=O) groups excluding carboxylic acids is 1. The van der Waals surface area contributed by atoms with Crippen molar-refractivity contribution in [1.29, 1.82) is 0 Å². The van der Waals surface area contributed by atoms with E-state index in [0.29, 0.717) is 23.4 Å². The van der Waals surface area contributed by atoms with Gasteiger partial charge in [0.1, 0.15) is 12.2 Å². The van der Waals surface area contributed by atoms with Crippen LogP contribution in [-0.4, -0.2) is 20.0 Å². The van der Waals surface area contributed by atoms with Crippen molar-refractivity contribution < 1.29 is 18.7 Å². The quantitative estimate of drug-likeness (QED) is 0.590. The zero-order valence-electron chi connectivity index (χ0n) is 9.14. The van der Waals surface area contributed by atoms with Gasteiger partial charge in [-0.2, -0.15) is 0 Å². The van der Waals surface area contributed by atoms with Gasteiger partial charge in [0.05, 0.1) is 7.11 Å². The molecule has 1 heterocycles. The summed E-state index contributed by atoms with van der Waals surface area (Å²) in [5, 5.41) is 0.722. The topological polar surface area (TPSA) is 65.7 Å². The number of hydrogen-bond acceptors (Lipinski definition) is 5. The Hall–Kier alpha value is -2.30. The van der Waals surface area contributed by atoms with E-state index in [-0.39, 0.29) is 6.61 Å². The van der Waals surface area contributed by atoms with E-state index in [1.54, 1.807) is 12.1 Å². The number of rotatable bonds is 4. The molecule has 5 nitrogen and oxygen atoms in total. The normalized spacial score (nSPS) is 10.2. The molecule has 0 saturated heterocycles. The molecule has 0 spiro atoms. The first-order valence-electron chi connectivity index (χ1n) is 4.93. The summed E-state index contributed by atoms with van der Waals surface area (Å²) >= 11 is 0. The third-order valence-electron chi connectivity index (χ3n) is 2.21. The monoisotopic (exact) mass is 234 g/mol. The van der Waals surface area contributed by atoms with Crippen molar-refractivity contribution in [3.05, 3.63) is 34.7 Å². The number of benzene rings is 1. The van der Waals surface area contributed by atoms with Crippen LogP contribution in [0, 0.1) is 0 Å². The van der Waals surface area contributed by atoms with Crippen molar-refractivity contribution in [2.45, 2.75) is 0 Å². The maximum atomic E-state index is 11.1. The van der Waals surface area contributed by atoms with Crippen LogP contribution >= 0.6 is 0 Å². The summed E-state index contributed by atoms with van der Waals surface area (Å²) in [6, 6.07) is 6.17. The van der Waals surface area contributed by atoms with Crippen LogP contribution < -0.4 is 15.1 Å². The number of carbonyl (C=O) groups is 1. The third-order valence-corrected chi connectivity index (χ3v) is 2.21. The van der Waals surface area contributed by atoms with E-state index in [0.717, 1.165) is 5.39 Å². The summed E-state index contributed by atoms with van der Waals surface area (Å²) in [6.07, 6.45) is 0.630. The summed E-state index contributed by atoms with van der Waals surface area (Å²) in [7, 11) is 1.49. The lowest BCUT2D eigenvalue weighted by molar-refractivity contribution is -0.109. The fourth-order valence-corrected chi connectivity index (χ4v) is 1.47. The Balaban J connectivity index is 2.56. The predicted molar refractivity (Wildman–Crippen MR) is 60.6 cm³/mol. The first kappa shape index (κ1) is 11.2. The highest BCUT2D eigenvalue weighted by atomic mass is 16.5. The van der Waals surface area contributed by atoms with Crippen molar-refractivity contribution in [3.8, 4) is 11.5 Å². The second kappa shape index (κ2) is 4.69. The molecule has 0 aliphatic rings. The fraction of sp³-hybridized carbons (Fsp3) is 0.167. The van der Waals surface area contributed by atoms with Gasteiger partial charge < -0.3 is 13.9 Å². The van der Waals surface area contributed by atoms with E-state index >= 15 is 0 Å². The van der Waals surface area contributed by atoms with Gasteiger partial charge in [0, 0.05) is 17.5 Å². The van der Waals surface area contributed by atoms with Gasteiger partial charge in [-0.1, -0.05) is 0 Å². The summed E-state index contributed by atoms with van der Waals surface area (Å²) in [5.74, 6) is 0.842. The van der Waals surface area contributed by atoms with Gasteiger partial charge in [0.2, 0.25) is 0 Å². The molecule has 17 heavy (non-hydrogen) atoms. The Morgan fingerprint density at radius 3 is 2.82 bits per heavy atom. The molecule has 0 aliphatic carbocycles. The van der Waals surface area contributed by atoms with Crippen LogP contribution in [0.15, 0.2) is 33.5 Å². The minimum absolute atomic E-state index is 0.0844. The summed E-state index contributed by atoms with van der Waals surface area (Å²) in [4.78, 5) is 21.3. The number of methoxy groups -OCH3 is 1. The maximum absolute atomic E-state index is 11.1. The Labute approximate surface area is 96.6 Å². The zero-order valence-corrected chi connectivity index (χ0v) is 9.14. The molecule has 1 aromatic heterocycles. The number of ether oxygens (including phenoxy) is 2. The Morgan fingerprint density at radius 1 is 1.29 bits per heavy atom. The summed E-state index contributed by atoms with van der Waals surface area (Å²) in [5.41, 5.74) is -0.0526. The van der Waals surface area contributed by atoms with Crippen molar-refractivity contribution in [3.63, 3.8) is 0 Å². The first-order valence-corrected chi connectivity index (χ1v) is 4.93. The molecule has 2 aromatic rings. The molecule has 0 radical (unpaired) electrons. The van der Waals surface area contributed by atoms with Gasteiger partial charge >= 0.3 is 5.63 Å². The molecule has 5 heteroatoms. The van der Waals surface area contributed by atoms with Crippen LogP contribution in [0.5, 0.6) is 11.5 Å². The lowest BCUT2D eigenvalue weighted by Gasteiger charge is -2.09. The molecule has 0 atom stereocenters. The maximum Gasteiger partial charge on any atom is 0.336 e. The number of hydrogen-bond donors (Lipinski definition) is 0. The van der Waals surface area contributed by atoms with Crippen molar-refractivity contribution >= 4 is 17.3 Å². The number of fused-ring (bicyclic) bond motifs is 1. The van der Waals surface area contributed by atoms with E-state index in [9.17, 15) is 9.59 Å². The van der Waals surface area contributed by atoms with Gasteiger partial charge in [-0.15, -0.1) is 0 Å². The van der Waals surface area contributed by atoms with Gasteiger partial charge in [0.25, 0.3) is 0 Å². The highest BCUT2D eigenvalue weighted by molar-refractivity contribution is 5.80. The summed E-state index contributed by atoms with van der Waals surface area (Å²) in [6.45, 7) is -0.0844. The summed E-state index contributed by atoms with van der Waals surface area (Å²) < 4.78 is 15.3. The van der Waals surface area contributed by atoms with Crippen molar-refractivity contribution in [1.82, 2.24) is 0 Å². The first-order chi connectivity index (χ1) is 8.24. The SMILES string of the molecule is COc1cc2ccc(=O)oc2cc1OCC=O. The molecule has 0 bridgehead atoms. The van der Waals surface area contributed by atoms with Gasteiger partial charge in [-0.05, 0) is 12.1 Å². The Morgan fingerprint density at radius 2 is 2.12 bits per heavy atom. The van der Waals surface area contributed by atoms with Gasteiger partial charge in [-0.25, -0.2) is 4.79 Å². The molecule has 88 valence electrons. The van der Waals surface area contributed by atoms with E-state index in [1.807, 2.05) is 0 Å². The van der Waals surface area contributed by atoms with Crippen LogP contribution in [0.2, 0.25) is 0 Å². The van der Waals surface area contributed by atoms with Crippen molar-refractivity contribution in [2.75, 3.05) is 13.7 Å². The lowest BCUT2D eigenvalue weighted by Crippen LogP contribution is -2.01. The standard InChI is InChI=1S/C12H10O5/c1-15-10-6-8-2-3-12(14)17-9(8)7-11(10)16-5-4-13/h2-4,6-7H,5H2,1H3. The van der Waals surface area contributed by atoms with Crippen LogP contribution in [0.4, 0.5) is 0 Å². The largest absolute Gasteiger partial charge is 0.493 e. The average Bonchev–Trinajstić information content (AvgIpc) is 2.35. The van der Waals surface area contributed by atoms with Crippen LogP contribution in [0.1, 0.15) is 0 Å². The van der Waals surface area contributed by atoms with Crippen LogP contribution in [0.25, 0.3) is 11.0 Å². The van der Waals surface area contributed by atoms with Crippen LogP contribution in [-0.2, 0) is 4.79 Å². The minimum Gasteiger partial charge on any atom is -0.493 e. The molecular weight excluding hydrogens is 224 g/mol. The van der Waals surface area contributed by atoms with Gasteiger partial charge in [0.15, 0.2) is 17.8 Å². The average molecular weight is 234 g/mol. The fourth-order valence-electron chi connectivity index (χ4n) is 1.47. The van der Waals surface area contributed by atoms with Crippen molar-refractivity contribution in [2.24, 2.45) is 0 Å². The highest BCUT2D eigenvalue weighted by Gasteiger charge is 2.08. The highest BCUT2D eigenvalue weighted by Crippen LogP contribution is 2.31. The predicted octanol–water partition coefficient (Wildman–Crippen LogP) is 1.38. The lowest BCUT2D eigenvalue weighted by atomic mass is 10.2. The molecule has 0 unspecified atom stereocenters. The molecular formula is C12H10O5. The molecule has 0 fully saturated rings. The molecule has 0 amide bonds. The van der Waals surface area contributed by atoms with Gasteiger partial charge in [-0.3, -0.25) is 4.79 Å². The Bertz CT molecular complexity index is 599. The third kappa shape index (κ3) is 2.28. The molecule has 1 aromatic carbocycles. The smallest absolute Gasteiger partial charge is 0.336 e. The number of aldehydes is 1. The van der Waals surface area contributed by atoms with E-state index < -0.39 is 5.63 Å². The minimum atomic E-state index is -0.441. The Kier molecular flexibility index (Phi) is 3.09. The van der Waals surface area contributed by atoms with E-state index in [1.165, 1.54) is 19.2 Å². The molecule has 0 saturated carbocycles.